The van der Waals surface area contributed by atoms with E-state index in [2.05, 4.69) is 0 Å². The van der Waals surface area contributed by atoms with Crippen molar-refractivity contribution in [2.75, 3.05) is 25.8 Å². The molecule has 1 rings (SSSR count). The van der Waals surface area contributed by atoms with Crippen molar-refractivity contribution in [2.45, 2.75) is 19.6 Å². The summed E-state index contributed by atoms with van der Waals surface area (Å²) < 4.78 is 27.8. The fourth-order valence-corrected chi connectivity index (χ4v) is 4.65. The molecule has 0 aliphatic rings. The van der Waals surface area contributed by atoms with Crippen molar-refractivity contribution in [1.82, 2.24) is 0 Å². The molecule has 108 valence electrons. The van der Waals surface area contributed by atoms with Gasteiger partial charge in [0.05, 0.1) is 25.8 Å². The summed E-state index contributed by atoms with van der Waals surface area (Å²) >= 11 is 1.55. The van der Waals surface area contributed by atoms with E-state index in [4.69, 9.17) is 13.8 Å². The Labute approximate surface area is 119 Å². The molecular formula is C13H21O4PS. The fraction of sp³-hybridized carbons (Fsp3) is 0.538. The van der Waals surface area contributed by atoms with Crippen molar-refractivity contribution >= 4 is 19.4 Å². The lowest BCUT2D eigenvalue weighted by atomic mass is 10.2. The minimum Gasteiger partial charge on any atom is -0.497 e. The maximum atomic E-state index is 12.2. The van der Waals surface area contributed by atoms with Gasteiger partial charge in [0.1, 0.15) is 5.75 Å². The third-order valence-corrected chi connectivity index (χ3v) is 6.16. The number of thioether (sulfide) groups is 1. The average Bonchev–Trinajstić information content (AvgIpc) is 2.40. The van der Waals surface area contributed by atoms with Gasteiger partial charge in [-0.2, -0.15) is 0 Å². The summed E-state index contributed by atoms with van der Waals surface area (Å²) in [4.78, 5) is 0. The molecule has 0 aromatic heterocycles. The van der Waals surface area contributed by atoms with Crippen molar-refractivity contribution in [3.63, 3.8) is 0 Å². The van der Waals surface area contributed by atoms with Crippen LogP contribution in [0.4, 0.5) is 0 Å². The first-order valence-electron chi connectivity index (χ1n) is 6.22. The predicted molar refractivity (Wildman–Crippen MR) is 80.0 cm³/mol. The molecule has 0 radical (unpaired) electrons. The molecule has 0 amide bonds. The summed E-state index contributed by atoms with van der Waals surface area (Å²) in [6, 6.07) is 7.83. The quantitative estimate of drug-likeness (QED) is 0.641. The van der Waals surface area contributed by atoms with Gasteiger partial charge >= 0.3 is 7.60 Å². The molecule has 19 heavy (non-hydrogen) atoms. The van der Waals surface area contributed by atoms with Crippen molar-refractivity contribution in [3.8, 4) is 5.75 Å². The van der Waals surface area contributed by atoms with E-state index in [9.17, 15) is 4.57 Å². The predicted octanol–water partition coefficient (Wildman–Crippen LogP) is 4.15. The minimum atomic E-state index is -2.93. The number of hydrogen-bond acceptors (Lipinski definition) is 5. The Hall–Kier alpha value is -0.480. The van der Waals surface area contributed by atoms with Crippen LogP contribution >= 0.6 is 19.4 Å². The van der Waals surface area contributed by atoms with Crippen LogP contribution in [0.3, 0.4) is 0 Å². The van der Waals surface area contributed by atoms with Gasteiger partial charge in [0.15, 0.2) is 0 Å². The van der Waals surface area contributed by atoms with Gasteiger partial charge in [0.25, 0.3) is 0 Å². The van der Waals surface area contributed by atoms with Crippen LogP contribution in [0.15, 0.2) is 24.3 Å². The minimum absolute atomic E-state index is 0.376. The topological polar surface area (TPSA) is 44.8 Å². The molecular weight excluding hydrogens is 283 g/mol. The van der Waals surface area contributed by atoms with Gasteiger partial charge in [-0.15, -0.1) is 11.8 Å². The Balaban J connectivity index is 2.44. The summed E-state index contributed by atoms with van der Waals surface area (Å²) in [5, 5.41) is 0. The molecule has 0 unspecified atom stereocenters. The average molecular weight is 304 g/mol. The van der Waals surface area contributed by atoms with E-state index in [1.807, 2.05) is 38.1 Å². The number of methoxy groups -OCH3 is 1. The first kappa shape index (κ1) is 16.6. The summed E-state index contributed by atoms with van der Waals surface area (Å²) in [5.74, 6) is 1.61. The normalized spacial score (nSPS) is 11.5. The number of hydrogen-bond donors (Lipinski definition) is 0. The molecule has 6 heteroatoms. The molecule has 0 fully saturated rings. The van der Waals surface area contributed by atoms with Crippen LogP contribution in [0.2, 0.25) is 0 Å². The van der Waals surface area contributed by atoms with Gasteiger partial charge in [0, 0.05) is 5.75 Å². The summed E-state index contributed by atoms with van der Waals surface area (Å²) in [5.41, 5.74) is 1.53. The highest BCUT2D eigenvalue weighted by Gasteiger charge is 2.23. The number of rotatable bonds is 9. The Bertz CT molecular complexity index is 398. The highest BCUT2D eigenvalue weighted by molar-refractivity contribution is 8.03. The van der Waals surface area contributed by atoms with E-state index in [0.29, 0.717) is 18.7 Å². The first-order valence-corrected chi connectivity index (χ1v) is 9.10. The molecule has 4 nitrogen and oxygen atoms in total. The largest absolute Gasteiger partial charge is 0.497 e. The van der Waals surface area contributed by atoms with Crippen LogP contribution in [0.1, 0.15) is 19.4 Å². The SMILES string of the molecule is CCOP(=O)(CSCc1ccc(OC)cc1)OCC. The van der Waals surface area contributed by atoms with Crippen molar-refractivity contribution in [2.24, 2.45) is 0 Å². The Morgan fingerprint density at radius 1 is 1.11 bits per heavy atom. The Kier molecular flexibility index (Phi) is 7.54. The molecule has 0 saturated heterocycles. The summed E-state index contributed by atoms with van der Waals surface area (Å²) in [6.07, 6.45) is 0. The number of ether oxygens (including phenoxy) is 1. The second-order valence-electron chi connectivity index (χ2n) is 3.77. The van der Waals surface area contributed by atoms with Gasteiger partial charge in [-0.1, -0.05) is 12.1 Å². The molecule has 0 saturated carbocycles. The van der Waals surface area contributed by atoms with E-state index < -0.39 is 7.60 Å². The number of benzene rings is 1. The fourth-order valence-electron chi connectivity index (χ4n) is 1.50. The molecule has 1 aromatic rings. The smallest absolute Gasteiger partial charge is 0.340 e. The van der Waals surface area contributed by atoms with Crippen LogP contribution in [0.5, 0.6) is 5.75 Å². The van der Waals surface area contributed by atoms with E-state index >= 15 is 0 Å². The maximum Gasteiger partial charge on any atom is 0.340 e. The van der Waals surface area contributed by atoms with Gasteiger partial charge < -0.3 is 13.8 Å². The molecule has 0 heterocycles. The zero-order valence-electron chi connectivity index (χ0n) is 11.6. The zero-order chi connectivity index (χ0) is 14.1. The van der Waals surface area contributed by atoms with Crippen LogP contribution in [0.25, 0.3) is 0 Å². The molecule has 0 bridgehead atoms. The van der Waals surface area contributed by atoms with Gasteiger partial charge in [-0.3, -0.25) is 4.57 Å². The van der Waals surface area contributed by atoms with Crippen LogP contribution in [-0.2, 0) is 19.4 Å². The zero-order valence-corrected chi connectivity index (χ0v) is 13.3. The van der Waals surface area contributed by atoms with E-state index in [-0.39, 0.29) is 0 Å². The maximum absolute atomic E-state index is 12.2. The van der Waals surface area contributed by atoms with E-state index in [1.54, 1.807) is 18.9 Å². The van der Waals surface area contributed by atoms with Crippen molar-refractivity contribution in [3.05, 3.63) is 29.8 Å². The highest BCUT2D eigenvalue weighted by Crippen LogP contribution is 2.51. The Morgan fingerprint density at radius 3 is 2.16 bits per heavy atom. The van der Waals surface area contributed by atoms with Crippen molar-refractivity contribution < 1.29 is 18.3 Å². The third-order valence-electron chi connectivity index (χ3n) is 2.33. The second-order valence-corrected chi connectivity index (χ2v) is 7.24. The van der Waals surface area contributed by atoms with Crippen LogP contribution < -0.4 is 4.74 Å². The first-order chi connectivity index (χ1) is 9.13. The second kappa shape index (κ2) is 8.64. The summed E-state index contributed by atoms with van der Waals surface area (Å²) in [7, 11) is -1.29. The molecule has 0 atom stereocenters. The molecule has 0 N–H and O–H groups in total. The third kappa shape index (κ3) is 6.00. The van der Waals surface area contributed by atoms with Gasteiger partial charge in [-0.25, -0.2) is 0 Å². The van der Waals surface area contributed by atoms with Gasteiger partial charge in [0.2, 0.25) is 0 Å². The van der Waals surface area contributed by atoms with Crippen LogP contribution in [-0.4, -0.2) is 25.8 Å². The lowest BCUT2D eigenvalue weighted by Gasteiger charge is -2.16. The highest BCUT2D eigenvalue weighted by atomic mass is 32.2. The molecule has 1 aromatic carbocycles. The standard InChI is InChI=1S/C13H21O4PS/c1-4-16-18(14,17-5-2)11-19-10-12-6-8-13(15-3)9-7-12/h6-9H,4-5,10-11H2,1-3H3. The molecule has 0 aliphatic carbocycles. The molecule has 0 spiro atoms. The lowest BCUT2D eigenvalue weighted by molar-refractivity contribution is 0.224. The van der Waals surface area contributed by atoms with Crippen molar-refractivity contribution in [1.29, 1.82) is 0 Å². The Morgan fingerprint density at radius 2 is 1.68 bits per heavy atom. The van der Waals surface area contributed by atoms with E-state index in [0.717, 1.165) is 17.1 Å². The monoisotopic (exact) mass is 304 g/mol. The molecule has 0 aliphatic heterocycles. The van der Waals surface area contributed by atoms with E-state index in [1.165, 1.54) is 0 Å². The van der Waals surface area contributed by atoms with Gasteiger partial charge in [-0.05, 0) is 31.5 Å². The lowest BCUT2D eigenvalue weighted by Crippen LogP contribution is -1.98. The summed E-state index contributed by atoms with van der Waals surface area (Å²) in [6.45, 7) is 4.44. The van der Waals surface area contributed by atoms with Crippen LogP contribution in [0, 0.1) is 0 Å².